The van der Waals surface area contributed by atoms with Gasteiger partial charge < -0.3 is 5.32 Å². The molecule has 1 nitrogen and oxygen atoms in total. The number of aryl methyl sites for hydroxylation is 1. The molecule has 2 rings (SSSR count). The average molecular weight is 233 g/mol. The van der Waals surface area contributed by atoms with Gasteiger partial charge in [0.1, 0.15) is 11.6 Å². The minimum absolute atomic E-state index is 0.250. The molecule has 2 aromatic carbocycles. The van der Waals surface area contributed by atoms with E-state index in [1.54, 1.807) is 24.3 Å². The molecule has 0 radical (unpaired) electrons. The van der Waals surface area contributed by atoms with E-state index in [0.29, 0.717) is 17.8 Å². The molecule has 0 aliphatic carbocycles. The predicted molar refractivity (Wildman–Crippen MR) is 64.9 cm³/mol. The Hall–Kier alpha value is -1.90. The maximum Gasteiger partial charge on any atom is 0.128 e. The van der Waals surface area contributed by atoms with Crippen LogP contribution < -0.4 is 5.32 Å². The van der Waals surface area contributed by atoms with Crippen LogP contribution >= 0.6 is 0 Å². The topological polar surface area (TPSA) is 12.0 Å². The fourth-order valence-electron chi connectivity index (χ4n) is 1.63. The Kier molecular flexibility index (Phi) is 3.38. The number of halogens is 2. The fraction of sp³-hybridized carbons (Fsp3) is 0.143. The third kappa shape index (κ3) is 3.03. The number of nitrogens with one attached hydrogen (secondary N) is 1. The number of hydrogen-bond acceptors (Lipinski definition) is 1. The van der Waals surface area contributed by atoms with Crippen molar-refractivity contribution >= 4 is 5.69 Å². The lowest BCUT2D eigenvalue weighted by Gasteiger charge is -2.08. The summed E-state index contributed by atoms with van der Waals surface area (Å²) in [6.45, 7) is 2.25. The molecule has 2 aromatic rings. The van der Waals surface area contributed by atoms with Gasteiger partial charge in [-0.1, -0.05) is 23.8 Å². The van der Waals surface area contributed by atoms with Crippen LogP contribution in [0.4, 0.5) is 14.5 Å². The normalized spacial score (nSPS) is 10.3. The molecule has 0 amide bonds. The molecule has 1 N–H and O–H groups in total. The lowest BCUT2D eigenvalue weighted by molar-refractivity contribution is 0.612. The number of benzene rings is 2. The van der Waals surface area contributed by atoms with Crippen molar-refractivity contribution in [2.45, 2.75) is 13.5 Å². The molecule has 0 spiro atoms. The van der Waals surface area contributed by atoms with Gasteiger partial charge in [0, 0.05) is 17.8 Å². The molecule has 0 heterocycles. The van der Waals surface area contributed by atoms with E-state index in [0.717, 1.165) is 5.56 Å². The lowest BCUT2D eigenvalue weighted by Crippen LogP contribution is -2.02. The number of hydrogen-bond donors (Lipinski definition) is 1. The van der Waals surface area contributed by atoms with E-state index in [1.807, 2.05) is 6.92 Å². The second-order valence-electron chi connectivity index (χ2n) is 3.96. The monoisotopic (exact) mass is 233 g/mol. The van der Waals surface area contributed by atoms with Gasteiger partial charge in [-0.3, -0.25) is 0 Å². The quantitative estimate of drug-likeness (QED) is 0.848. The molecule has 0 saturated carbocycles. The van der Waals surface area contributed by atoms with Gasteiger partial charge in [0.25, 0.3) is 0 Å². The second kappa shape index (κ2) is 4.95. The minimum atomic E-state index is -0.306. The van der Waals surface area contributed by atoms with E-state index < -0.39 is 0 Å². The highest BCUT2D eigenvalue weighted by atomic mass is 19.1. The minimum Gasteiger partial charge on any atom is -0.381 e. The summed E-state index contributed by atoms with van der Waals surface area (Å²) >= 11 is 0. The van der Waals surface area contributed by atoms with E-state index in [-0.39, 0.29) is 11.6 Å². The fourth-order valence-corrected chi connectivity index (χ4v) is 1.63. The highest BCUT2D eigenvalue weighted by Gasteiger charge is 2.02. The van der Waals surface area contributed by atoms with E-state index in [4.69, 9.17) is 0 Å². The van der Waals surface area contributed by atoms with E-state index in [1.165, 1.54) is 18.2 Å². The highest BCUT2D eigenvalue weighted by molar-refractivity contribution is 5.44. The zero-order valence-electron chi connectivity index (χ0n) is 9.50. The molecule has 0 aliphatic rings. The van der Waals surface area contributed by atoms with Crippen LogP contribution in [-0.4, -0.2) is 0 Å². The lowest BCUT2D eigenvalue weighted by atomic mass is 10.1. The van der Waals surface area contributed by atoms with E-state index in [2.05, 4.69) is 5.32 Å². The van der Waals surface area contributed by atoms with Crippen molar-refractivity contribution in [2.75, 3.05) is 5.32 Å². The van der Waals surface area contributed by atoms with Crippen molar-refractivity contribution < 1.29 is 8.78 Å². The van der Waals surface area contributed by atoms with Gasteiger partial charge >= 0.3 is 0 Å². The van der Waals surface area contributed by atoms with Gasteiger partial charge in [-0.15, -0.1) is 0 Å². The first-order chi connectivity index (χ1) is 8.15. The van der Waals surface area contributed by atoms with Crippen LogP contribution in [0.5, 0.6) is 0 Å². The molecule has 88 valence electrons. The standard InChI is InChI=1S/C14H13F2N/c1-10-5-6-14(16)11(7-10)9-17-13-4-2-3-12(15)8-13/h2-8,17H,9H2,1H3. The maximum absolute atomic E-state index is 13.4. The summed E-state index contributed by atoms with van der Waals surface area (Å²) in [5.41, 5.74) is 2.22. The summed E-state index contributed by atoms with van der Waals surface area (Å²) in [6.07, 6.45) is 0. The Labute approximate surface area is 99.1 Å². The molecule has 3 heteroatoms. The third-order valence-electron chi connectivity index (χ3n) is 2.51. The van der Waals surface area contributed by atoms with Gasteiger partial charge in [0.15, 0.2) is 0 Å². The van der Waals surface area contributed by atoms with Crippen LogP contribution in [0.25, 0.3) is 0 Å². The van der Waals surface area contributed by atoms with Crippen molar-refractivity contribution in [1.29, 1.82) is 0 Å². The first-order valence-corrected chi connectivity index (χ1v) is 5.39. The Morgan fingerprint density at radius 2 is 1.88 bits per heavy atom. The molecule has 17 heavy (non-hydrogen) atoms. The Bertz CT molecular complexity index is 523. The molecule has 0 unspecified atom stereocenters. The van der Waals surface area contributed by atoms with Gasteiger partial charge in [-0.05, 0) is 31.2 Å². The summed E-state index contributed by atoms with van der Waals surface area (Å²) in [5, 5.41) is 2.99. The molecule has 0 bridgehead atoms. The van der Waals surface area contributed by atoms with Crippen LogP contribution in [0.2, 0.25) is 0 Å². The molecule has 0 saturated heterocycles. The largest absolute Gasteiger partial charge is 0.381 e. The average Bonchev–Trinajstić information content (AvgIpc) is 2.30. The predicted octanol–water partition coefficient (Wildman–Crippen LogP) is 3.89. The molecule has 0 aliphatic heterocycles. The SMILES string of the molecule is Cc1ccc(F)c(CNc2cccc(F)c2)c1. The summed E-state index contributed by atoms with van der Waals surface area (Å²) in [7, 11) is 0. The number of rotatable bonds is 3. The first-order valence-electron chi connectivity index (χ1n) is 5.39. The van der Waals surface area contributed by atoms with Crippen molar-refractivity contribution in [3.8, 4) is 0 Å². The van der Waals surface area contributed by atoms with Gasteiger partial charge in [0.2, 0.25) is 0 Å². The van der Waals surface area contributed by atoms with Crippen molar-refractivity contribution in [2.24, 2.45) is 0 Å². The molecule has 0 aromatic heterocycles. The van der Waals surface area contributed by atoms with Crippen LogP contribution in [0, 0.1) is 18.6 Å². The van der Waals surface area contributed by atoms with Gasteiger partial charge in [-0.2, -0.15) is 0 Å². The van der Waals surface area contributed by atoms with Crippen LogP contribution in [0.3, 0.4) is 0 Å². The Balaban J connectivity index is 2.09. The highest BCUT2D eigenvalue weighted by Crippen LogP contribution is 2.14. The van der Waals surface area contributed by atoms with Crippen molar-refractivity contribution in [3.63, 3.8) is 0 Å². The molecule has 0 fully saturated rings. The van der Waals surface area contributed by atoms with Crippen LogP contribution in [0.1, 0.15) is 11.1 Å². The summed E-state index contributed by atoms with van der Waals surface area (Å²) < 4.78 is 26.4. The van der Waals surface area contributed by atoms with Gasteiger partial charge in [0.05, 0.1) is 0 Å². The first kappa shape index (κ1) is 11.6. The second-order valence-corrected chi connectivity index (χ2v) is 3.96. The zero-order chi connectivity index (χ0) is 12.3. The summed E-state index contributed by atoms with van der Waals surface area (Å²) in [5.74, 6) is -0.556. The molecular weight excluding hydrogens is 220 g/mol. The van der Waals surface area contributed by atoms with E-state index in [9.17, 15) is 8.78 Å². The van der Waals surface area contributed by atoms with Crippen molar-refractivity contribution in [1.82, 2.24) is 0 Å². The summed E-state index contributed by atoms with van der Waals surface area (Å²) in [6, 6.07) is 11.1. The molecular formula is C14H13F2N. The number of anilines is 1. The zero-order valence-corrected chi connectivity index (χ0v) is 9.50. The van der Waals surface area contributed by atoms with Gasteiger partial charge in [-0.25, -0.2) is 8.78 Å². The van der Waals surface area contributed by atoms with Crippen LogP contribution in [-0.2, 0) is 6.54 Å². The summed E-state index contributed by atoms with van der Waals surface area (Å²) in [4.78, 5) is 0. The Morgan fingerprint density at radius 1 is 1.06 bits per heavy atom. The maximum atomic E-state index is 13.4. The molecule has 0 atom stereocenters. The third-order valence-corrected chi connectivity index (χ3v) is 2.51. The van der Waals surface area contributed by atoms with E-state index >= 15 is 0 Å². The smallest absolute Gasteiger partial charge is 0.128 e. The Morgan fingerprint density at radius 3 is 2.65 bits per heavy atom. The van der Waals surface area contributed by atoms with Crippen molar-refractivity contribution in [3.05, 3.63) is 65.2 Å². The van der Waals surface area contributed by atoms with Crippen LogP contribution in [0.15, 0.2) is 42.5 Å².